The van der Waals surface area contributed by atoms with Crippen LogP contribution in [-0.2, 0) is 11.3 Å². The van der Waals surface area contributed by atoms with Crippen LogP contribution in [0.5, 0.6) is 0 Å². The van der Waals surface area contributed by atoms with Crippen molar-refractivity contribution in [3.05, 3.63) is 58.4 Å². The highest BCUT2D eigenvalue weighted by Crippen LogP contribution is 2.29. The predicted octanol–water partition coefficient (Wildman–Crippen LogP) is 4.13. The van der Waals surface area contributed by atoms with Gasteiger partial charge in [-0.15, -0.1) is 10.2 Å². The number of nitrogens with zero attached hydrogens (tertiary/aromatic N) is 4. The van der Waals surface area contributed by atoms with Crippen molar-refractivity contribution in [1.82, 2.24) is 20.1 Å². The molecule has 1 aliphatic heterocycles. The monoisotopic (exact) mass is 429 g/mol. The summed E-state index contributed by atoms with van der Waals surface area (Å²) in [7, 11) is 0. The molecule has 2 aromatic heterocycles. The van der Waals surface area contributed by atoms with Gasteiger partial charge in [0.05, 0.1) is 5.92 Å². The number of carbonyl (C=O) groups excluding carboxylic acids is 1. The Balaban J connectivity index is 1.40. The Morgan fingerprint density at radius 1 is 1.21 bits per heavy atom. The molecule has 3 aromatic rings. The quantitative estimate of drug-likeness (QED) is 0.662. The summed E-state index contributed by atoms with van der Waals surface area (Å²) < 4.78 is 2.11. The summed E-state index contributed by atoms with van der Waals surface area (Å²) >= 11 is 7.59. The zero-order valence-electron chi connectivity index (χ0n) is 16.6. The third-order valence-corrected chi connectivity index (χ3v) is 6.49. The molecule has 0 unspecified atom stereocenters. The standard InChI is InChI=1S/C21H24ClN5OS/c1-14-8-9-15(2)27(14)21-25-24-20(29-21)26-10-4-6-17(13-26)19(28)23-12-16-5-3-7-18(22)11-16/h3,5,7-9,11,17H,4,6,10,12-13H2,1-2H3,(H,23,28)/t17-/m1/s1. The summed E-state index contributed by atoms with van der Waals surface area (Å²) in [5, 5.41) is 14.3. The van der Waals surface area contributed by atoms with E-state index >= 15 is 0 Å². The van der Waals surface area contributed by atoms with E-state index in [0.717, 1.165) is 46.6 Å². The molecule has 1 saturated heterocycles. The molecule has 1 N–H and O–H groups in total. The molecule has 4 rings (SSSR count). The van der Waals surface area contributed by atoms with Gasteiger partial charge in [0, 0.05) is 36.0 Å². The van der Waals surface area contributed by atoms with Crippen molar-refractivity contribution in [2.75, 3.05) is 18.0 Å². The Morgan fingerprint density at radius 3 is 2.72 bits per heavy atom. The van der Waals surface area contributed by atoms with Crippen LogP contribution in [0.2, 0.25) is 5.02 Å². The van der Waals surface area contributed by atoms with E-state index in [2.05, 4.69) is 51.0 Å². The van der Waals surface area contributed by atoms with Gasteiger partial charge in [-0.25, -0.2) is 0 Å². The predicted molar refractivity (Wildman–Crippen MR) is 117 cm³/mol. The van der Waals surface area contributed by atoms with Gasteiger partial charge in [0.25, 0.3) is 0 Å². The molecule has 152 valence electrons. The third-order valence-electron chi connectivity index (χ3n) is 5.28. The maximum atomic E-state index is 12.7. The Kier molecular flexibility index (Phi) is 5.87. The Labute approximate surface area is 179 Å². The van der Waals surface area contributed by atoms with Crippen LogP contribution in [0.15, 0.2) is 36.4 Å². The van der Waals surface area contributed by atoms with Gasteiger partial charge < -0.3 is 10.2 Å². The number of aromatic nitrogens is 3. The lowest BCUT2D eigenvalue weighted by Gasteiger charge is -2.31. The van der Waals surface area contributed by atoms with Gasteiger partial charge in [-0.2, -0.15) is 0 Å². The maximum Gasteiger partial charge on any atom is 0.225 e. The molecule has 6 nitrogen and oxygen atoms in total. The zero-order chi connectivity index (χ0) is 20.4. The second kappa shape index (κ2) is 8.55. The number of hydrogen-bond donors (Lipinski definition) is 1. The van der Waals surface area contributed by atoms with E-state index in [9.17, 15) is 4.79 Å². The molecular formula is C21H24ClN5OS. The Bertz CT molecular complexity index is 995. The van der Waals surface area contributed by atoms with Crippen molar-refractivity contribution >= 4 is 34.0 Å². The first-order valence-corrected chi connectivity index (χ1v) is 11.0. The van der Waals surface area contributed by atoms with E-state index in [4.69, 9.17) is 11.6 Å². The highest BCUT2D eigenvalue weighted by atomic mass is 35.5. The number of anilines is 1. The van der Waals surface area contributed by atoms with Crippen molar-refractivity contribution in [2.45, 2.75) is 33.2 Å². The SMILES string of the molecule is Cc1ccc(C)n1-c1nnc(N2CCC[C@@H](C(=O)NCc3cccc(Cl)c3)C2)s1. The maximum absolute atomic E-state index is 12.7. The first-order chi connectivity index (χ1) is 14.0. The topological polar surface area (TPSA) is 63.1 Å². The van der Waals surface area contributed by atoms with Crippen LogP contribution < -0.4 is 10.2 Å². The zero-order valence-corrected chi connectivity index (χ0v) is 18.1. The minimum absolute atomic E-state index is 0.0506. The lowest BCUT2D eigenvalue weighted by molar-refractivity contribution is -0.125. The van der Waals surface area contributed by atoms with E-state index in [1.165, 1.54) is 0 Å². The summed E-state index contributed by atoms with van der Waals surface area (Å²) in [5.41, 5.74) is 3.29. The van der Waals surface area contributed by atoms with Crippen LogP contribution in [0.3, 0.4) is 0 Å². The summed E-state index contributed by atoms with van der Waals surface area (Å²) in [6, 6.07) is 11.7. The van der Waals surface area contributed by atoms with E-state index in [1.807, 2.05) is 24.3 Å². The van der Waals surface area contributed by atoms with Gasteiger partial charge in [0.1, 0.15) is 0 Å². The molecule has 29 heavy (non-hydrogen) atoms. The number of rotatable bonds is 5. The summed E-state index contributed by atoms with van der Waals surface area (Å²) in [4.78, 5) is 14.9. The van der Waals surface area contributed by atoms with Crippen LogP contribution in [0.4, 0.5) is 5.13 Å². The molecule has 3 heterocycles. The number of halogens is 1. The second-order valence-electron chi connectivity index (χ2n) is 7.45. The second-order valence-corrected chi connectivity index (χ2v) is 8.82. The number of aryl methyl sites for hydroxylation is 2. The number of benzene rings is 1. The number of nitrogens with one attached hydrogen (secondary N) is 1. The fraction of sp³-hybridized carbons (Fsp3) is 0.381. The number of hydrogen-bond acceptors (Lipinski definition) is 5. The Hall–Kier alpha value is -2.38. The van der Waals surface area contributed by atoms with Gasteiger partial charge in [0.2, 0.25) is 16.2 Å². The minimum Gasteiger partial charge on any atom is -0.352 e. The molecule has 0 aliphatic carbocycles. The molecule has 1 fully saturated rings. The molecule has 1 aliphatic rings. The summed E-state index contributed by atoms with van der Waals surface area (Å²) in [5.74, 6) is 0.0295. The number of piperidine rings is 1. The molecule has 1 atom stereocenters. The van der Waals surface area contributed by atoms with Gasteiger partial charge in [-0.1, -0.05) is 35.1 Å². The lowest BCUT2D eigenvalue weighted by atomic mass is 9.97. The van der Waals surface area contributed by atoms with Crippen molar-refractivity contribution in [1.29, 1.82) is 0 Å². The average Bonchev–Trinajstić information content (AvgIpc) is 3.32. The van der Waals surface area contributed by atoms with E-state index in [0.29, 0.717) is 18.1 Å². The molecule has 8 heteroatoms. The first kappa shape index (κ1) is 19.9. The lowest BCUT2D eigenvalue weighted by Crippen LogP contribution is -2.43. The summed E-state index contributed by atoms with van der Waals surface area (Å²) in [6.45, 7) is 6.19. The number of carbonyl (C=O) groups is 1. The van der Waals surface area contributed by atoms with Gasteiger partial charge in [0.15, 0.2) is 0 Å². The van der Waals surface area contributed by atoms with Crippen molar-refractivity contribution < 1.29 is 4.79 Å². The van der Waals surface area contributed by atoms with Crippen LogP contribution >= 0.6 is 22.9 Å². The van der Waals surface area contributed by atoms with E-state index in [-0.39, 0.29) is 11.8 Å². The third kappa shape index (κ3) is 4.46. The fourth-order valence-corrected chi connectivity index (χ4v) is 4.96. The van der Waals surface area contributed by atoms with Crippen molar-refractivity contribution in [3.8, 4) is 5.13 Å². The average molecular weight is 430 g/mol. The van der Waals surface area contributed by atoms with E-state index in [1.54, 1.807) is 11.3 Å². The first-order valence-electron chi connectivity index (χ1n) is 9.77. The molecule has 0 bridgehead atoms. The van der Waals surface area contributed by atoms with Crippen LogP contribution in [-0.4, -0.2) is 33.8 Å². The molecule has 0 saturated carbocycles. The van der Waals surface area contributed by atoms with Crippen molar-refractivity contribution in [3.63, 3.8) is 0 Å². The smallest absolute Gasteiger partial charge is 0.225 e. The molecule has 1 amide bonds. The molecule has 0 radical (unpaired) electrons. The van der Waals surface area contributed by atoms with Crippen LogP contribution in [0.1, 0.15) is 29.8 Å². The fourth-order valence-electron chi connectivity index (χ4n) is 3.74. The van der Waals surface area contributed by atoms with Gasteiger partial charge in [-0.05, 0) is 56.5 Å². The summed E-state index contributed by atoms with van der Waals surface area (Å²) in [6.07, 6.45) is 1.85. The van der Waals surface area contributed by atoms with E-state index < -0.39 is 0 Å². The number of amides is 1. The molecular weight excluding hydrogens is 406 g/mol. The minimum atomic E-state index is -0.0506. The van der Waals surface area contributed by atoms with Gasteiger partial charge >= 0.3 is 0 Å². The van der Waals surface area contributed by atoms with Crippen LogP contribution in [0, 0.1) is 19.8 Å². The van der Waals surface area contributed by atoms with Gasteiger partial charge in [-0.3, -0.25) is 9.36 Å². The van der Waals surface area contributed by atoms with Crippen LogP contribution in [0.25, 0.3) is 5.13 Å². The largest absolute Gasteiger partial charge is 0.352 e. The normalized spacial score (nSPS) is 16.8. The molecule has 1 aromatic carbocycles. The highest BCUT2D eigenvalue weighted by molar-refractivity contribution is 7.17. The molecule has 0 spiro atoms. The Morgan fingerprint density at radius 2 is 1.97 bits per heavy atom. The van der Waals surface area contributed by atoms with Crippen molar-refractivity contribution in [2.24, 2.45) is 5.92 Å². The highest BCUT2D eigenvalue weighted by Gasteiger charge is 2.27.